The lowest BCUT2D eigenvalue weighted by Crippen LogP contribution is -2.74. The number of ether oxygens (including phenoxy) is 2. The molecule has 2 heterocycles. The van der Waals surface area contributed by atoms with Crippen molar-refractivity contribution >= 4 is 42.3 Å². The molecule has 2 aliphatic heterocycles. The lowest BCUT2D eigenvalue weighted by Gasteiger charge is -2.62. The predicted molar refractivity (Wildman–Crippen MR) is 292 cm³/mol. The summed E-state index contributed by atoms with van der Waals surface area (Å²) in [6, 6.07) is 36.7. The smallest absolute Gasteiger partial charge is 0.338 e. The molecule has 3 aromatic rings. The highest BCUT2D eigenvalue weighted by molar-refractivity contribution is 7.44. The Morgan fingerprint density at radius 1 is 0.672 bits per heavy atom. The highest BCUT2D eigenvalue weighted by Gasteiger charge is 2.64. The maximum Gasteiger partial charge on any atom is 0.338 e. The molecule has 2 bridgehead atoms. The van der Waals surface area contributed by atoms with E-state index in [0.717, 1.165) is 11.6 Å². The quantitative estimate of drug-likeness (QED) is 0.0372. The molecule has 0 amide bonds. The van der Waals surface area contributed by atoms with Crippen molar-refractivity contribution in [2.45, 2.75) is 188 Å². The fourth-order valence-corrected chi connectivity index (χ4v) is 44.6. The molecule has 3 aromatic carbocycles. The van der Waals surface area contributed by atoms with Crippen molar-refractivity contribution in [2.24, 2.45) is 5.41 Å². The van der Waals surface area contributed by atoms with Gasteiger partial charge in [0.2, 0.25) is 0 Å². The predicted octanol–water partition coefficient (Wildman–Crippen LogP) is 17.3. The third kappa shape index (κ3) is 14.6. The number of carbonyl (C=O) groups is 2. The van der Waals surface area contributed by atoms with Crippen molar-refractivity contribution in [1.29, 1.82) is 0 Å². The van der Waals surface area contributed by atoms with Crippen LogP contribution in [0, 0.1) is 5.41 Å². The van der Waals surface area contributed by atoms with Crippen LogP contribution in [0.1, 0.15) is 120 Å². The first-order chi connectivity index (χ1) is 29.3. The van der Waals surface area contributed by atoms with Gasteiger partial charge in [0.1, 0.15) is 11.5 Å². The van der Waals surface area contributed by atoms with Crippen LogP contribution in [0.4, 0.5) is 0 Å². The Balaban J connectivity index is 0.000000501. The van der Waals surface area contributed by atoms with Gasteiger partial charge in [0.15, 0.2) is 0 Å². The molecule has 3 aliphatic rings. The van der Waals surface area contributed by atoms with E-state index in [4.69, 9.17) is 9.47 Å². The lowest BCUT2D eigenvalue weighted by molar-refractivity contribution is -0.143. The number of allylic oxidation sites excluding steroid dienone is 4. The van der Waals surface area contributed by atoms with Crippen LogP contribution in [0.2, 0.25) is 68.5 Å². The number of carbonyl (C=O) groups excluding carboxylic acids is 2. The molecule has 0 spiro atoms. The highest BCUT2D eigenvalue weighted by Crippen LogP contribution is 2.58. The van der Waals surface area contributed by atoms with E-state index in [0.29, 0.717) is 17.1 Å². The van der Waals surface area contributed by atoms with Gasteiger partial charge in [-0.3, -0.25) is 4.79 Å². The van der Waals surface area contributed by atoms with Crippen LogP contribution < -0.4 is 9.47 Å². The third-order valence-corrected chi connectivity index (χ3v) is 54.4. The maximum absolute atomic E-state index is 13.0. The minimum atomic E-state index is -1.52. The summed E-state index contributed by atoms with van der Waals surface area (Å²) in [6.45, 7) is 31.8. The molecule has 356 valence electrons. The Morgan fingerprint density at radius 2 is 1.09 bits per heavy atom. The van der Waals surface area contributed by atoms with Crippen molar-refractivity contribution in [1.82, 2.24) is 0 Å². The Hall–Kier alpha value is -3.31. The Bertz CT molecular complexity index is 1860. The molecule has 2 unspecified atom stereocenters. The highest BCUT2D eigenvalue weighted by atomic mass is 29.3. The Labute approximate surface area is 397 Å². The maximum atomic E-state index is 13.0. The molecule has 0 radical (unpaired) electrons. The number of hydrogen-bond donors (Lipinski definition) is 0. The summed E-state index contributed by atoms with van der Waals surface area (Å²) >= 11 is 0. The largest absolute Gasteiger partial charge is 0.426 e. The van der Waals surface area contributed by atoms with Gasteiger partial charge < -0.3 is 9.47 Å². The summed E-state index contributed by atoms with van der Waals surface area (Å²) in [7, 11) is -5.62. The summed E-state index contributed by atoms with van der Waals surface area (Å²) in [5.74, 6) is 0.756. The first-order valence-electron chi connectivity index (χ1n) is 24.0. The summed E-state index contributed by atoms with van der Waals surface area (Å²) in [4.78, 5) is 24.0. The SMILES string of the molecule is C.C.C=C(C)C(=O)Oc1ccccc1.CCCC[Si](CCCC)(CC(C)(C)C(=O)Oc1ccccc1)[Si](C)(C)C.CCCC[Si]1(C)C2C=CC(c3ccccc3)(C=C2)[Si]1(C)CCCC. The lowest BCUT2D eigenvalue weighted by atomic mass is 9.93. The van der Waals surface area contributed by atoms with Crippen molar-refractivity contribution in [3.05, 3.63) is 133 Å². The summed E-state index contributed by atoms with van der Waals surface area (Å²) in [5.41, 5.74) is 2.35. The average molecular weight is 942 g/mol. The minimum Gasteiger partial charge on any atom is -0.426 e. The van der Waals surface area contributed by atoms with E-state index in [1.165, 1.54) is 75.5 Å². The fraction of sp³-hybridized carbons (Fsp3) is 0.536. The monoisotopic (exact) mass is 941 g/mol. The first kappa shape index (κ1) is 58.7. The Kier molecular flexibility index (Phi) is 24.5. The second kappa shape index (κ2) is 26.7. The van der Waals surface area contributed by atoms with E-state index in [-0.39, 0.29) is 31.8 Å². The molecule has 2 atom stereocenters. The second-order valence-corrected chi connectivity index (χ2v) is 51.2. The van der Waals surface area contributed by atoms with E-state index in [2.05, 4.69) is 135 Å². The van der Waals surface area contributed by atoms with Gasteiger partial charge in [-0.05, 0) is 62.2 Å². The first-order valence-corrected chi connectivity index (χ1v) is 37.6. The molecule has 0 N–H and O–H groups in total. The van der Waals surface area contributed by atoms with Crippen LogP contribution in [0.5, 0.6) is 11.5 Å². The normalized spacial score (nSPS) is 20.8. The molecule has 4 nitrogen and oxygen atoms in total. The number of para-hydroxylation sites is 2. The number of rotatable bonds is 20. The zero-order valence-electron chi connectivity index (χ0n) is 41.1. The molecule has 0 saturated heterocycles. The van der Waals surface area contributed by atoms with Crippen LogP contribution in [-0.4, -0.2) is 42.3 Å². The van der Waals surface area contributed by atoms with E-state index in [1.54, 1.807) is 36.8 Å². The van der Waals surface area contributed by atoms with Gasteiger partial charge in [0.25, 0.3) is 0 Å². The molecule has 8 heteroatoms. The average Bonchev–Trinajstić information content (AvgIpc) is 3.26. The molecule has 0 aromatic heterocycles. The third-order valence-electron chi connectivity index (χ3n) is 14.6. The standard InChI is InChI=1S/C22H40O2Si2.C22H34Si2.C10H10O2.2CH4/c1-8-10-17-26(18-11-9-2,25(5,6)7)19-22(3,4)21(23)24-20-15-13-12-14-16-20;1-5-7-18-23(3)21-14-16-22(17-15-21,20-12-10-9-11-13-20)24(23,4)19-8-6-2;1-8(2)10(11)12-9-6-4-3-5-7-9;;/h12-16H,8-11,17-19H2,1-7H3;9-17,21H,5-8,18-19H2,1-4H3;3-7H,1H2,2H3;2*1H4. The molecule has 0 fully saturated rings. The molecule has 6 rings (SSSR count). The zero-order valence-corrected chi connectivity index (χ0v) is 45.1. The van der Waals surface area contributed by atoms with Crippen molar-refractivity contribution < 1.29 is 19.1 Å². The van der Waals surface area contributed by atoms with Gasteiger partial charge >= 0.3 is 11.9 Å². The van der Waals surface area contributed by atoms with Gasteiger partial charge in [0, 0.05) is 25.8 Å². The summed E-state index contributed by atoms with van der Waals surface area (Å²) in [5, 5.41) is 0.257. The molecular weight excluding hydrogens is 849 g/mol. The van der Waals surface area contributed by atoms with Gasteiger partial charge in [-0.1, -0.05) is 248 Å². The van der Waals surface area contributed by atoms with Crippen LogP contribution >= 0.6 is 0 Å². The van der Waals surface area contributed by atoms with Gasteiger partial charge in [-0.15, -0.1) is 0 Å². The topological polar surface area (TPSA) is 52.6 Å². The number of hydrogen-bond acceptors (Lipinski definition) is 4. The van der Waals surface area contributed by atoms with Crippen molar-refractivity contribution in [3.63, 3.8) is 0 Å². The van der Waals surface area contributed by atoms with E-state index < -0.39 is 35.8 Å². The van der Waals surface area contributed by atoms with Crippen molar-refractivity contribution in [2.75, 3.05) is 0 Å². The number of unbranched alkanes of at least 4 members (excludes halogenated alkanes) is 4. The van der Waals surface area contributed by atoms with E-state index in [1.807, 2.05) is 36.4 Å². The van der Waals surface area contributed by atoms with Crippen molar-refractivity contribution in [3.8, 4) is 11.5 Å². The van der Waals surface area contributed by atoms with Gasteiger partial charge in [-0.2, -0.15) is 0 Å². The fourth-order valence-electron chi connectivity index (χ4n) is 10.2. The summed E-state index contributed by atoms with van der Waals surface area (Å²) < 4.78 is 10.7. The summed E-state index contributed by atoms with van der Waals surface area (Å²) in [6.07, 6.45) is 21.1. The van der Waals surface area contributed by atoms with Crippen LogP contribution in [-0.2, 0) is 14.6 Å². The second-order valence-electron chi connectivity index (χ2n) is 20.4. The molecule has 1 aliphatic carbocycles. The van der Waals surface area contributed by atoms with E-state index >= 15 is 0 Å². The van der Waals surface area contributed by atoms with Crippen LogP contribution in [0.25, 0.3) is 0 Å². The minimum absolute atomic E-state index is 0. The Morgan fingerprint density at radius 3 is 1.52 bits per heavy atom. The number of fused-ring (bicyclic) bond motifs is 1. The van der Waals surface area contributed by atoms with E-state index in [9.17, 15) is 9.59 Å². The molecular formula is C56H92O4Si4. The van der Waals surface area contributed by atoms with Crippen LogP contribution in [0.15, 0.2) is 127 Å². The zero-order chi connectivity index (χ0) is 46.1. The number of benzene rings is 3. The van der Waals surface area contributed by atoms with Gasteiger partial charge in [0.05, 0.1) is 20.6 Å². The van der Waals surface area contributed by atoms with Crippen LogP contribution in [0.3, 0.4) is 0 Å². The number of esters is 2. The van der Waals surface area contributed by atoms with Gasteiger partial charge in [-0.25, -0.2) is 4.79 Å². The molecule has 64 heavy (non-hydrogen) atoms. The molecule has 0 saturated carbocycles.